The molecule has 0 bridgehead atoms. The lowest BCUT2D eigenvalue weighted by Crippen LogP contribution is -2.45. The minimum atomic E-state index is -0.121. The minimum Gasteiger partial charge on any atom is -0.392 e. The molecule has 1 aliphatic rings. The van der Waals surface area contributed by atoms with Crippen LogP contribution in [-0.4, -0.2) is 25.2 Å². The van der Waals surface area contributed by atoms with Crippen molar-refractivity contribution in [3.8, 4) is 0 Å². The number of hydrogen-bond donors (Lipinski definition) is 2. The van der Waals surface area contributed by atoms with E-state index in [0.717, 1.165) is 42.1 Å². The third-order valence-electron chi connectivity index (χ3n) is 4.41. The predicted octanol–water partition coefficient (Wildman–Crippen LogP) is 1.67. The van der Waals surface area contributed by atoms with Gasteiger partial charge in [0.05, 0.1) is 24.7 Å². The maximum Gasteiger partial charge on any atom is 0.154 e. The van der Waals surface area contributed by atoms with Crippen LogP contribution in [0.4, 0.5) is 0 Å². The van der Waals surface area contributed by atoms with Crippen molar-refractivity contribution in [3.05, 3.63) is 29.7 Å². The van der Waals surface area contributed by atoms with E-state index >= 15 is 0 Å². The number of nitrogens with zero attached hydrogens (tertiary/aromatic N) is 3. The zero-order chi connectivity index (χ0) is 14.2. The lowest BCUT2D eigenvalue weighted by atomic mass is 9.75. The molecule has 0 radical (unpaired) electrons. The van der Waals surface area contributed by atoms with Crippen LogP contribution in [0, 0.1) is 5.92 Å². The van der Waals surface area contributed by atoms with Gasteiger partial charge in [0.25, 0.3) is 0 Å². The summed E-state index contributed by atoms with van der Waals surface area (Å²) in [6, 6.07) is 1.86. The van der Waals surface area contributed by atoms with Crippen molar-refractivity contribution in [2.45, 2.75) is 51.2 Å². The van der Waals surface area contributed by atoms with Crippen LogP contribution < -0.4 is 5.73 Å². The Labute approximate surface area is 118 Å². The molecule has 0 spiro atoms. The van der Waals surface area contributed by atoms with E-state index in [-0.39, 0.29) is 12.1 Å². The van der Waals surface area contributed by atoms with Crippen LogP contribution >= 0.6 is 0 Å². The van der Waals surface area contributed by atoms with Crippen molar-refractivity contribution in [1.29, 1.82) is 0 Å². The zero-order valence-electron chi connectivity index (χ0n) is 11.9. The molecule has 2 aromatic heterocycles. The summed E-state index contributed by atoms with van der Waals surface area (Å²) >= 11 is 0. The van der Waals surface area contributed by atoms with Gasteiger partial charge in [0.15, 0.2) is 5.65 Å². The second kappa shape index (κ2) is 5.14. The van der Waals surface area contributed by atoms with Crippen LogP contribution in [0.15, 0.2) is 18.5 Å². The van der Waals surface area contributed by atoms with E-state index in [4.69, 9.17) is 10.8 Å². The molecular weight excluding hydrogens is 252 g/mol. The van der Waals surface area contributed by atoms with Crippen LogP contribution in [0.25, 0.3) is 5.65 Å². The standard InChI is InChI=1S/C15H22N4O/c1-11-2-4-15(16,5-3-11)7-13-9-19-14(18-13)6-12(10-20)8-17-19/h6,8-9,11,20H,2-5,7,10,16H2,1H3. The fourth-order valence-electron chi connectivity index (χ4n) is 3.01. The van der Waals surface area contributed by atoms with Crippen molar-refractivity contribution in [2.75, 3.05) is 0 Å². The molecule has 108 valence electrons. The van der Waals surface area contributed by atoms with Gasteiger partial charge in [-0.3, -0.25) is 0 Å². The first-order valence-corrected chi connectivity index (χ1v) is 7.31. The summed E-state index contributed by atoms with van der Waals surface area (Å²) in [5, 5.41) is 13.4. The number of aromatic nitrogens is 3. The van der Waals surface area contributed by atoms with Gasteiger partial charge in [-0.1, -0.05) is 6.92 Å². The Balaban J connectivity index is 1.80. The van der Waals surface area contributed by atoms with E-state index in [0.29, 0.717) is 0 Å². The smallest absolute Gasteiger partial charge is 0.154 e. The molecule has 0 atom stereocenters. The van der Waals surface area contributed by atoms with Crippen molar-refractivity contribution < 1.29 is 5.11 Å². The third kappa shape index (κ3) is 2.69. The maximum absolute atomic E-state index is 9.13. The summed E-state index contributed by atoms with van der Waals surface area (Å²) < 4.78 is 1.75. The molecule has 0 aromatic carbocycles. The molecule has 2 heterocycles. The molecular formula is C15H22N4O. The fraction of sp³-hybridized carbons (Fsp3) is 0.600. The van der Waals surface area contributed by atoms with E-state index in [1.54, 1.807) is 10.7 Å². The highest BCUT2D eigenvalue weighted by atomic mass is 16.3. The third-order valence-corrected chi connectivity index (χ3v) is 4.41. The minimum absolute atomic E-state index is 0.00952. The molecule has 1 fully saturated rings. The largest absolute Gasteiger partial charge is 0.392 e. The van der Waals surface area contributed by atoms with Crippen LogP contribution in [0.2, 0.25) is 0 Å². The SMILES string of the molecule is CC1CCC(N)(Cc2cn3ncc(CO)cc3n2)CC1. The van der Waals surface area contributed by atoms with Gasteiger partial charge >= 0.3 is 0 Å². The normalized spacial score (nSPS) is 27.1. The maximum atomic E-state index is 9.13. The van der Waals surface area contributed by atoms with Crippen molar-refractivity contribution in [2.24, 2.45) is 11.7 Å². The zero-order valence-corrected chi connectivity index (χ0v) is 11.9. The monoisotopic (exact) mass is 274 g/mol. The van der Waals surface area contributed by atoms with E-state index < -0.39 is 0 Å². The summed E-state index contributed by atoms with van der Waals surface area (Å²) in [6.45, 7) is 2.29. The highest BCUT2D eigenvalue weighted by Crippen LogP contribution is 2.32. The highest BCUT2D eigenvalue weighted by Gasteiger charge is 2.31. The van der Waals surface area contributed by atoms with Gasteiger partial charge in [-0.15, -0.1) is 0 Å². The van der Waals surface area contributed by atoms with E-state index in [2.05, 4.69) is 17.0 Å². The average Bonchev–Trinajstić information content (AvgIpc) is 2.83. The summed E-state index contributed by atoms with van der Waals surface area (Å²) in [4.78, 5) is 4.59. The molecule has 2 aromatic rings. The predicted molar refractivity (Wildman–Crippen MR) is 77.2 cm³/mol. The molecule has 0 aliphatic heterocycles. The molecule has 5 nitrogen and oxygen atoms in total. The van der Waals surface area contributed by atoms with Gasteiger partial charge in [-0.2, -0.15) is 5.10 Å². The first-order chi connectivity index (χ1) is 9.58. The number of rotatable bonds is 3. The molecule has 5 heteroatoms. The Bertz CT molecular complexity index is 599. The number of fused-ring (bicyclic) bond motifs is 1. The van der Waals surface area contributed by atoms with Crippen molar-refractivity contribution in [1.82, 2.24) is 14.6 Å². The Morgan fingerprint density at radius 3 is 2.90 bits per heavy atom. The number of aliphatic hydroxyl groups is 1. The summed E-state index contributed by atoms with van der Waals surface area (Å²) in [5.41, 5.74) is 8.95. The first kappa shape index (κ1) is 13.5. The molecule has 3 N–H and O–H groups in total. The topological polar surface area (TPSA) is 76.4 Å². The molecule has 20 heavy (non-hydrogen) atoms. The van der Waals surface area contributed by atoms with Crippen LogP contribution in [0.3, 0.4) is 0 Å². The van der Waals surface area contributed by atoms with E-state index in [1.165, 1.54) is 12.8 Å². The van der Waals surface area contributed by atoms with Crippen molar-refractivity contribution in [3.63, 3.8) is 0 Å². The Hall–Kier alpha value is -1.46. The number of aliphatic hydroxyl groups excluding tert-OH is 1. The van der Waals surface area contributed by atoms with Gasteiger partial charge in [0.2, 0.25) is 0 Å². The fourth-order valence-corrected chi connectivity index (χ4v) is 3.01. The Kier molecular flexibility index (Phi) is 3.48. The van der Waals surface area contributed by atoms with Crippen molar-refractivity contribution >= 4 is 5.65 Å². The summed E-state index contributed by atoms with van der Waals surface area (Å²) in [6.07, 6.45) is 8.96. The second-order valence-corrected chi connectivity index (χ2v) is 6.28. The van der Waals surface area contributed by atoms with E-state index in [1.807, 2.05) is 12.3 Å². The van der Waals surface area contributed by atoms with Gasteiger partial charge in [-0.25, -0.2) is 9.50 Å². The Morgan fingerprint density at radius 2 is 2.20 bits per heavy atom. The van der Waals surface area contributed by atoms with Crippen LogP contribution in [0.5, 0.6) is 0 Å². The van der Waals surface area contributed by atoms with Gasteiger partial charge < -0.3 is 10.8 Å². The lowest BCUT2D eigenvalue weighted by Gasteiger charge is -2.35. The quantitative estimate of drug-likeness (QED) is 0.892. The molecule has 1 saturated carbocycles. The number of imidazole rings is 1. The molecule has 0 saturated heterocycles. The second-order valence-electron chi connectivity index (χ2n) is 6.28. The lowest BCUT2D eigenvalue weighted by molar-refractivity contribution is 0.242. The number of nitrogens with two attached hydrogens (primary N) is 1. The van der Waals surface area contributed by atoms with Crippen LogP contribution in [-0.2, 0) is 13.0 Å². The average molecular weight is 274 g/mol. The molecule has 3 rings (SSSR count). The molecule has 0 amide bonds. The summed E-state index contributed by atoms with van der Waals surface area (Å²) in [7, 11) is 0. The summed E-state index contributed by atoms with van der Waals surface area (Å²) in [5.74, 6) is 0.793. The van der Waals surface area contributed by atoms with Crippen LogP contribution in [0.1, 0.15) is 43.9 Å². The van der Waals surface area contributed by atoms with E-state index in [9.17, 15) is 0 Å². The molecule has 1 aliphatic carbocycles. The highest BCUT2D eigenvalue weighted by molar-refractivity contribution is 5.40. The molecule has 0 unspecified atom stereocenters. The van der Waals surface area contributed by atoms with Gasteiger partial charge in [0.1, 0.15) is 0 Å². The number of hydrogen-bond acceptors (Lipinski definition) is 4. The first-order valence-electron chi connectivity index (χ1n) is 7.31. The van der Waals surface area contributed by atoms with Gasteiger partial charge in [-0.05, 0) is 37.7 Å². The van der Waals surface area contributed by atoms with Gasteiger partial charge in [0, 0.05) is 17.5 Å². The Morgan fingerprint density at radius 1 is 1.45 bits per heavy atom.